The smallest absolute Gasteiger partial charge is 0.434 e. The number of benzene rings is 1. The van der Waals surface area contributed by atoms with E-state index in [-0.39, 0.29) is 11.7 Å². The lowest BCUT2D eigenvalue weighted by Gasteiger charge is -2.16. The normalized spacial score (nSPS) is 11.7. The van der Waals surface area contributed by atoms with Gasteiger partial charge in [-0.25, -0.2) is 14.6 Å². The van der Waals surface area contributed by atoms with Crippen molar-refractivity contribution in [1.82, 2.24) is 9.55 Å². The molecule has 0 saturated heterocycles. The second-order valence-electron chi connectivity index (χ2n) is 10.4. The highest BCUT2D eigenvalue weighted by Crippen LogP contribution is 2.20. The summed E-state index contributed by atoms with van der Waals surface area (Å²) in [7, 11) is 0. The predicted molar refractivity (Wildman–Crippen MR) is 155 cm³/mol. The summed E-state index contributed by atoms with van der Waals surface area (Å²) in [5.41, 5.74) is 1.33. The zero-order valence-corrected chi connectivity index (χ0v) is 24.3. The number of carbonyl (C=O) groups is 2. The van der Waals surface area contributed by atoms with E-state index in [1.165, 1.54) is 89.7 Å². The summed E-state index contributed by atoms with van der Waals surface area (Å²) in [6, 6.07) is 9.70. The largest absolute Gasteiger partial charge is 0.511 e. The standard InChI is InChI=1S/C32H50N2O5/c1-3-4-5-6-7-8-9-10-11-12-13-14-15-16-17-21-24-37-32(36)39-27-38-31(35)30-25-33-26-34(30)28(2)29-22-19-18-20-23-29/h18-20,22-23,25-26,28H,3-17,21,24,27H2,1-2H3/t28-/m1/s1. The molecule has 0 amide bonds. The van der Waals surface area contributed by atoms with Crippen LogP contribution in [0.25, 0.3) is 0 Å². The first-order valence-electron chi connectivity index (χ1n) is 15.2. The molecule has 0 radical (unpaired) electrons. The van der Waals surface area contributed by atoms with Gasteiger partial charge in [0, 0.05) is 0 Å². The van der Waals surface area contributed by atoms with E-state index in [1.54, 1.807) is 10.9 Å². The van der Waals surface area contributed by atoms with Gasteiger partial charge < -0.3 is 18.8 Å². The molecule has 7 nitrogen and oxygen atoms in total. The Morgan fingerprint density at radius 1 is 0.744 bits per heavy atom. The van der Waals surface area contributed by atoms with E-state index in [1.807, 2.05) is 37.3 Å². The van der Waals surface area contributed by atoms with Gasteiger partial charge in [-0.15, -0.1) is 0 Å². The number of esters is 1. The third-order valence-electron chi connectivity index (χ3n) is 7.16. The average molecular weight is 543 g/mol. The van der Waals surface area contributed by atoms with Crippen LogP contribution in [0.4, 0.5) is 4.79 Å². The zero-order chi connectivity index (χ0) is 28.0. The highest BCUT2D eigenvalue weighted by atomic mass is 16.8. The van der Waals surface area contributed by atoms with Gasteiger partial charge in [0.2, 0.25) is 6.79 Å². The third-order valence-corrected chi connectivity index (χ3v) is 7.16. The molecule has 1 aromatic heterocycles. The zero-order valence-electron chi connectivity index (χ0n) is 24.3. The molecule has 0 aliphatic heterocycles. The number of hydrogen-bond donors (Lipinski definition) is 0. The van der Waals surface area contributed by atoms with Gasteiger partial charge in [0.1, 0.15) is 5.69 Å². The van der Waals surface area contributed by atoms with Crippen LogP contribution in [0.2, 0.25) is 0 Å². The van der Waals surface area contributed by atoms with Crippen LogP contribution in [-0.2, 0) is 14.2 Å². The van der Waals surface area contributed by atoms with Crippen LogP contribution < -0.4 is 0 Å². The number of hydrogen-bond acceptors (Lipinski definition) is 6. The van der Waals surface area contributed by atoms with E-state index in [0.29, 0.717) is 6.61 Å². The molecule has 0 N–H and O–H groups in total. The lowest BCUT2D eigenvalue weighted by Crippen LogP contribution is -2.18. The fourth-order valence-electron chi connectivity index (χ4n) is 4.72. The molecule has 218 valence electrons. The number of rotatable bonds is 22. The van der Waals surface area contributed by atoms with Crippen molar-refractivity contribution in [2.75, 3.05) is 13.4 Å². The summed E-state index contributed by atoms with van der Waals surface area (Å²) in [4.78, 5) is 28.3. The Balaban J connectivity index is 1.41. The van der Waals surface area contributed by atoms with Gasteiger partial charge >= 0.3 is 12.1 Å². The molecule has 0 aliphatic carbocycles. The van der Waals surface area contributed by atoms with Gasteiger partial charge in [-0.05, 0) is 18.9 Å². The summed E-state index contributed by atoms with van der Waals surface area (Å²) in [5.74, 6) is -0.610. The van der Waals surface area contributed by atoms with Crippen LogP contribution in [0, 0.1) is 0 Å². The van der Waals surface area contributed by atoms with Gasteiger partial charge in [-0.1, -0.05) is 134 Å². The maximum absolute atomic E-state index is 12.5. The molecule has 0 spiro atoms. The SMILES string of the molecule is CCCCCCCCCCCCCCCCCCOC(=O)OCOC(=O)c1cncn1[C@H](C)c1ccccc1. The van der Waals surface area contributed by atoms with Crippen LogP contribution in [0.1, 0.15) is 139 Å². The number of aromatic nitrogens is 2. The van der Waals surface area contributed by atoms with Crippen molar-refractivity contribution in [1.29, 1.82) is 0 Å². The lowest BCUT2D eigenvalue weighted by atomic mass is 10.0. The van der Waals surface area contributed by atoms with Crippen LogP contribution in [0.5, 0.6) is 0 Å². The molecule has 1 aromatic carbocycles. The fraction of sp³-hybridized carbons (Fsp3) is 0.656. The second-order valence-corrected chi connectivity index (χ2v) is 10.4. The molecule has 2 aromatic rings. The topological polar surface area (TPSA) is 79.7 Å². The Kier molecular flexibility index (Phi) is 17.5. The Morgan fingerprint density at radius 2 is 1.28 bits per heavy atom. The Labute approximate surface area is 235 Å². The number of imidazole rings is 1. The van der Waals surface area contributed by atoms with Crippen molar-refractivity contribution in [3.05, 3.63) is 54.1 Å². The minimum atomic E-state index is -0.824. The molecule has 0 aliphatic rings. The van der Waals surface area contributed by atoms with Crippen LogP contribution in [-0.4, -0.2) is 35.1 Å². The van der Waals surface area contributed by atoms with Gasteiger partial charge in [0.15, 0.2) is 0 Å². The van der Waals surface area contributed by atoms with Crippen LogP contribution in [0.15, 0.2) is 42.9 Å². The summed E-state index contributed by atoms with van der Waals surface area (Å²) in [6.07, 6.45) is 22.9. The van der Waals surface area contributed by atoms with Crippen LogP contribution >= 0.6 is 0 Å². The number of unbranched alkanes of at least 4 members (excludes halogenated alkanes) is 15. The van der Waals surface area contributed by atoms with Gasteiger partial charge in [0.25, 0.3) is 0 Å². The molecule has 0 fully saturated rings. The molecule has 39 heavy (non-hydrogen) atoms. The second kappa shape index (κ2) is 21.0. The minimum Gasteiger partial charge on any atom is -0.434 e. The van der Waals surface area contributed by atoms with Gasteiger partial charge in [-0.2, -0.15) is 0 Å². The maximum atomic E-state index is 12.5. The lowest BCUT2D eigenvalue weighted by molar-refractivity contribution is -0.0282. The molecule has 7 heteroatoms. The number of nitrogens with zero attached hydrogens (tertiary/aromatic N) is 2. The van der Waals surface area contributed by atoms with E-state index in [4.69, 9.17) is 14.2 Å². The summed E-state index contributed by atoms with van der Waals surface area (Å²) < 4.78 is 16.8. The van der Waals surface area contributed by atoms with Crippen molar-refractivity contribution in [2.24, 2.45) is 0 Å². The highest BCUT2D eigenvalue weighted by Gasteiger charge is 2.19. The summed E-state index contributed by atoms with van der Waals surface area (Å²) in [5, 5.41) is 0. The van der Waals surface area contributed by atoms with Gasteiger partial charge in [0.05, 0.1) is 25.2 Å². The average Bonchev–Trinajstić information content (AvgIpc) is 3.45. The van der Waals surface area contributed by atoms with E-state index >= 15 is 0 Å². The molecule has 2 rings (SSSR count). The van der Waals surface area contributed by atoms with Crippen molar-refractivity contribution in [3.8, 4) is 0 Å². The fourth-order valence-corrected chi connectivity index (χ4v) is 4.72. The molecule has 0 bridgehead atoms. The minimum absolute atomic E-state index is 0.0955. The van der Waals surface area contributed by atoms with E-state index < -0.39 is 18.9 Å². The molecule has 1 heterocycles. The van der Waals surface area contributed by atoms with E-state index in [9.17, 15) is 9.59 Å². The number of carbonyl (C=O) groups excluding carboxylic acids is 2. The maximum Gasteiger partial charge on any atom is 0.511 e. The summed E-state index contributed by atoms with van der Waals surface area (Å²) in [6.45, 7) is 4.05. The van der Waals surface area contributed by atoms with Crippen molar-refractivity contribution < 1.29 is 23.8 Å². The van der Waals surface area contributed by atoms with E-state index in [2.05, 4.69) is 11.9 Å². The molecule has 1 atom stereocenters. The molecule has 0 saturated carbocycles. The molecular weight excluding hydrogens is 492 g/mol. The number of ether oxygens (including phenoxy) is 3. The Hall–Kier alpha value is -2.83. The van der Waals surface area contributed by atoms with Crippen LogP contribution in [0.3, 0.4) is 0 Å². The monoisotopic (exact) mass is 542 g/mol. The first-order valence-corrected chi connectivity index (χ1v) is 15.2. The van der Waals surface area contributed by atoms with E-state index in [0.717, 1.165) is 24.8 Å². The third kappa shape index (κ3) is 14.2. The Bertz CT molecular complexity index is 899. The summed E-state index contributed by atoms with van der Waals surface area (Å²) >= 11 is 0. The first-order chi connectivity index (χ1) is 19.1. The highest BCUT2D eigenvalue weighted by molar-refractivity contribution is 5.87. The molecule has 0 unspecified atom stereocenters. The quantitative estimate of drug-likeness (QED) is 0.0839. The van der Waals surface area contributed by atoms with Gasteiger partial charge in [-0.3, -0.25) is 0 Å². The van der Waals surface area contributed by atoms with Crippen molar-refractivity contribution in [3.63, 3.8) is 0 Å². The Morgan fingerprint density at radius 3 is 1.85 bits per heavy atom. The predicted octanol–water partition coefficient (Wildman–Crippen LogP) is 9.02. The molecular formula is C32H50N2O5. The first kappa shape index (κ1) is 32.4. The van der Waals surface area contributed by atoms with Crippen molar-refractivity contribution in [2.45, 2.75) is 123 Å². The van der Waals surface area contributed by atoms with Crippen molar-refractivity contribution >= 4 is 12.1 Å².